The van der Waals surface area contributed by atoms with Gasteiger partial charge in [-0.05, 0) is 68.7 Å². The van der Waals surface area contributed by atoms with Gasteiger partial charge in [0.15, 0.2) is 0 Å². The number of aryl methyl sites for hydroxylation is 1. The molecule has 4 nitrogen and oxygen atoms in total. The maximum absolute atomic E-state index is 9.29. The van der Waals surface area contributed by atoms with Gasteiger partial charge >= 0.3 is 0 Å². The predicted molar refractivity (Wildman–Crippen MR) is 120 cm³/mol. The molecule has 1 saturated carbocycles. The van der Waals surface area contributed by atoms with Crippen LogP contribution in [0, 0.1) is 11.3 Å². The molecule has 30 heavy (non-hydrogen) atoms. The lowest BCUT2D eigenvalue weighted by Gasteiger charge is -2.26. The molecule has 4 heteroatoms. The summed E-state index contributed by atoms with van der Waals surface area (Å²) in [7, 11) is 0. The summed E-state index contributed by atoms with van der Waals surface area (Å²) in [5.74, 6) is 0.595. The first-order valence-electron chi connectivity index (χ1n) is 11.0. The fraction of sp³-hybridized carbons (Fsp3) is 0.423. The standard InChI is InChI=1S/C26H30N4/c1-19(17-26(2,3)24-12-4-5-14-28-24)8-6-11-22-25(21-9-7-10-21)23-16-20(18-27)13-15-30(23)29-22/h4-5,12-16,21H,1,6-11,17H2,2-3H3. The molecule has 0 amide bonds. The van der Waals surface area contributed by atoms with Crippen molar-refractivity contribution in [2.24, 2.45) is 0 Å². The van der Waals surface area contributed by atoms with Crippen LogP contribution in [0.4, 0.5) is 0 Å². The van der Waals surface area contributed by atoms with Gasteiger partial charge < -0.3 is 0 Å². The normalized spacial score (nSPS) is 14.4. The van der Waals surface area contributed by atoms with Crippen molar-refractivity contribution in [3.63, 3.8) is 0 Å². The van der Waals surface area contributed by atoms with Crippen molar-refractivity contribution < 1.29 is 0 Å². The van der Waals surface area contributed by atoms with E-state index < -0.39 is 0 Å². The lowest BCUT2D eigenvalue weighted by molar-refractivity contribution is 0.419. The van der Waals surface area contributed by atoms with Crippen molar-refractivity contribution >= 4 is 5.52 Å². The van der Waals surface area contributed by atoms with Crippen molar-refractivity contribution in [2.75, 3.05) is 0 Å². The van der Waals surface area contributed by atoms with Gasteiger partial charge in [-0.3, -0.25) is 4.98 Å². The molecule has 3 aromatic rings. The van der Waals surface area contributed by atoms with Crippen LogP contribution in [-0.4, -0.2) is 14.6 Å². The Labute approximate surface area is 179 Å². The van der Waals surface area contributed by atoms with Crippen LogP contribution in [-0.2, 0) is 11.8 Å². The second kappa shape index (κ2) is 8.44. The molecule has 0 unspecified atom stereocenters. The van der Waals surface area contributed by atoms with E-state index in [-0.39, 0.29) is 5.41 Å². The molecular formula is C26H30N4. The molecule has 0 bridgehead atoms. The molecule has 3 aromatic heterocycles. The van der Waals surface area contributed by atoms with Crippen LogP contribution >= 0.6 is 0 Å². The Hall–Kier alpha value is -2.93. The summed E-state index contributed by atoms with van der Waals surface area (Å²) in [5.41, 5.74) is 6.78. The zero-order chi connectivity index (χ0) is 21.1. The monoisotopic (exact) mass is 398 g/mol. The topological polar surface area (TPSA) is 54.0 Å². The molecule has 0 radical (unpaired) electrons. The Morgan fingerprint density at radius 3 is 2.80 bits per heavy atom. The summed E-state index contributed by atoms with van der Waals surface area (Å²) < 4.78 is 1.96. The number of fused-ring (bicyclic) bond motifs is 1. The molecular weight excluding hydrogens is 368 g/mol. The summed E-state index contributed by atoms with van der Waals surface area (Å²) >= 11 is 0. The SMILES string of the molecule is C=C(CCCc1nn2ccc(C#N)cc2c1C1CCC1)CC(C)(C)c1ccccn1. The second-order valence-electron chi connectivity index (χ2n) is 9.22. The van der Waals surface area contributed by atoms with E-state index in [1.807, 2.05) is 35.1 Å². The van der Waals surface area contributed by atoms with Crippen LogP contribution in [0.15, 0.2) is 54.9 Å². The molecule has 3 heterocycles. The van der Waals surface area contributed by atoms with Crippen molar-refractivity contribution in [3.8, 4) is 6.07 Å². The van der Waals surface area contributed by atoms with E-state index in [4.69, 9.17) is 5.10 Å². The van der Waals surface area contributed by atoms with Gasteiger partial charge in [-0.2, -0.15) is 10.4 Å². The van der Waals surface area contributed by atoms with Crippen molar-refractivity contribution in [1.82, 2.24) is 14.6 Å². The average molecular weight is 399 g/mol. The predicted octanol–water partition coefficient (Wildman–Crippen LogP) is 6.12. The number of nitrogens with zero attached hydrogens (tertiary/aromatic N) is 4. The molecule has 1 aliphatic rings. The van der Waals surface area contributed by atoms with E-state index in [1.165, 1.54) is 36.1 Å². The van der Waals surface area contributed by atoms with E-state index in [9.17, 15) is 5.26 Å². The van der Waals surface area contributed by atoms with Crippen molar-refractivity contribution in [1.29, 1.82) is 5.26 Å². The number of rotatable bonds is 8. The third kappa shape index (κ3) is 4.16. The second-order valence-corrected chi connectivity index (χ2v) is 9.22. The highest BCUT2D eigenvalue weighted by atomic mass is 15.2. The zero-order valence-electron chi connectivity index (χ0n) is 18.1. The van der Waals surface area contributed by atoms with Gasteiger partial charge in [0, 0.05) is 29.1 Å². The molecule has 0 atom stereocenters. The zero-order valence-corrected chi connectivity index (χ0v) is 18.1. The lowest BCUT2D eigenvalue weighted by Crippen LogP contribution is -2.19. The summed E-state index contributed by atoms with van der Waals surface area (Å²) in [6, 6.07) is 12.2. The fourth-order valence-corrected chi connectivity index (χ4v) is 4.58. The minimum atomic E-state index is -0.00772. The van der Waals surface area contributed by atoms with Gasteiger partial charge in [0.25, 0.3) is 0 Å². The van der Waals surface area contributed by atoms with Gasteiger partial charge in [0.2, 0.25) is 0 Å². The Bertz CT molecular complexity index is 1080. The first-order valence-corrected chi connectivity index (χ1v) is 11.0. The average Bonchev–Trinajstić information content (AvgIpc) is 3.04. The summed E-state index contributed by atoms with van der Waals surface area (Å²) in [4.78, 5) is 4.54. The molecule has 1 fully saturated rings. The van der Waals surface area contributed by atoms with E-state index in [0.29, 0.717) is 11.5 Å². The molecule has 4 rings (SSSR count). The van der Waals surface area contributed by atoms with Gasteiger partial charge in [-0.1, -0.05) is 38.5 Å². The van der Waals surface area contributed by atoms with Gasteiger partial charge in [-0.15, -0.1) is 0 Å². The quantitative estimate of drug-likeness (QED) is 0.430. The summed E-state index contributed by atoms with van der Waals surface area (Å²) in [5, 5.41) is 14.2. The molecule has 154 valence electrons. The largest absolute Gasteiger partial charge is 0.261 e. The van der Waals surface area contributed by atoms with E-state index in [1.54, 1.807) is 0 Å². The number of aromatic nitrogens is 3. The number of nitriles is 1. The highest BCUT2D eigenvalue weighted by Crippen LogP contribution is 2.41. The fourth-order valence-electron chi connectivity index (χ4n) is 4.58. The maximum Gasteiger partial charge on any atom is 0.0992 e. The summed E-state index contributed by atoms with van der Waals surface area (Å²) in [6.07, 6.45) is 11.5. The van der Waals surface area contributed by atoms with Crippen LogP contribution in [0.5, 0.6) is 0 Å². The Morgan fingerprint density at radius 2 is 2.13 bits per heavy atom. The maximum atomic E-state index is 9.29. The number of pyridine rings is 2. The van der Waals surface area contributed by atoms with Crippen molar-refractivity contribution in [3.05, 3.63) is 77.4 Å². The minimum absolute atomic E-state index is 0.00772. The highest BCUT2D eigenvalue weighted by Gasteiger charge is 2.27. The number of hydrogen-bond donors (Lipinski definition) is 0. The van der Waals surface area contributed by atoms with Gasteiger partial charge in [0.05, 0.1) is 22.8 Å². The third-order valence-electron chi connectivity index (χ3n) is 6.39. The number of allylic oxidation sites excluding steroid dienone is 1. The Kier molecular flexibility index (Phi) is 5.72. The summed E-state index contributed by atoms with van der Waals surface area (Å²) in [6.45, 7) is 8.84. The third-order valence-corrected chi connectivity index (χ3v) is 6.39. The first kappa shape index (κ1) is 20.3. The Balaban J connectivity index is 1.44. The highest BCUT2D eigenvalue weighted by molar-refractivity contribution is 5.61. The van der Waals surface area contributed by atoms with Crippen molar-refractivity contribution in [2.45, 2.75) is 70.1 Å². The molecule has 0 saturated heterocycles. The molecule has 1 aliphatic carbocycles. The minimum Gasteiger partial charge on any atom is -0.261 e. The Morgan fingerprint density at radius 1 is 1.30 bits per heavy atom. The first-order chi connectivity index (χ1) is 14.5. The van der Waals surface area contributed by atoms with Crippen LogP contribution in [0.25, 0.3) is 5.52 Å². The molecule has 0 aromatic carbocycles. The molecule has 0 spiro atoms. The smallest absolute Gasteiger partial charge is 0.0992 e. The molecule has 0 aliphatic heterocycles. The number of hydrogen-bond acceptors (Lipinski definition) is 3. The van der Waals surface area contributed by atoms with E-state index in [2.05, 4.69) is 43.6 Å². The van der Waals surface area contributed by atoms with E-state index >= 15 is 0 Å². The lowest BCUT2D eigenvalue weighted by atomic mass is 9.78. The molecule has 0 N–H and O–H groups in total. The van der Waals surface area contributed by atoms with Crippen LogP contribution in [0.2, 0.25) is 0 Å². The van der Waals surface area contributed by atoms with Crippen LogP contribution < -0.4 is 0 Å². The van der Waals surface area contributed by atoms with Gasteiger partial charge in [0.1, 0.15) is 0 Å². The van der Waals surface area contributed by atoms with Crippen LogP contribution in [0.3, 0.4) is 0 Å². The van der Waals surface area contributed by atoms with E-state index in [0.717, 1.165) is 36.9 Å². The van der Waals surface area contributed by atoms with Crippen LogP contribution in [0.1, 0.15) is 80.8 Å². The van der Waals surface area contributed by atoms with Gasteiger partial charge in [-0.25, -0.2) is 4.52 Å².